The Bertz CT molecular complexity index is 274. The minimum Gasteiger partial charge on any atom is -0.496 e. The molecule has 0 fully saturated rings. The van der Waals surface area contributed by atoms with Gasteiger partial charge in [-0.1, -0.05) is 12.1 Å². The molecule has 1 atom stereocenters. The van der Waals surface area contributed by atoms with E-state index in [0.717, 1.165) is 16.9 Å². The molecule has 0 aromatic heterocycles. The van der Waals surface area contributed by atoms with E-state index >= 15 is 0 Å². The van der Waals surface area contributed by atoms with Crippen LogP contribution in [0.1, 0.15) is 24.1 Å². The highest BCUT2D eigenvalue weighted by molar-refractivity contribution is 5.85. The molecule has 1 aromatic carbocycles. The topological polar surface area (TPSA) is 35.2 Å². The van der Waals surface area contributed by atoms with Gasteiger partial charge in [0.1, 0.15) is 5.75 Å². The largest absolute Gasteiger partial charge is 0.496 e. The van der Waals surface area contributed by atoms with Crippen molar-refractivity contribution in [3.63, 3.8) is 0 Å². The number of ether oxygens (including phenoxy) is 1. The molecule has 0 saturated carbocycles. The van der Waals surface area contributed by atoms with Crippen LogP contribution in [0.5, 0.6) is 5.75 Å². The predicted octanol–water partition coefficient (Wildman–Crippen LogP) is 2.45. The molecule has 0 aliphatic heterocycles. The van der Waals surface area contributed by atoms with E-state index in [1.165, 1.54) is 0 Å². The molecule has 0 heterocycles. The molecule has 74 valence electrons. The molecule has 0 radical (unpaired) electrons. The van der Waals surface area contributed by atoms with E-state index in [4.69, 9.17) is 10.5 Å². The number of halogens is 1. The van der Waals surface area contributed by atoms with Gasteiger partial charge in [-0.2, -0.15) is 0 Å². The highest BCUT2D eigenvalue weighted by Gasteiger charge is 2.02. The van der Waals surface area contributed by atoms with Crippen LogP contribution in [0.25, 0.3) is 0 Å². The molecule has 2 N–H and O–H groups in total. The zero-order valence-electron chi connectivity index (χ0n) is 8.20. The number of methoxy groups -OCH3 is 1. The number of rotatable bonds is 2. The van der Waals surface area contributed by atoms with Crippen molar-refractivity contribution in [1.82, 2.24) is 0 Å². The van der Waals surface area contributed by atoms with Crippen LogP contribution < -0.4 is 10.5 Å². The maximum Gasteiger partial charge on any atom is 0.121 e. The summed E-state index contributed by atoms with van der Waals surface area (Å²) < 4.78 is 5.14. The highest BCUT2D eigenvalue weighted by Crippen LogP contribution is 2.20. The summed E-state index contributed by atoms with van der Waals surface area (Å²) in [6, 6.07) is 6.10. The standard InChI is InChI=1S/C10H15NO.ClH/c1-7-6-9(8(2)11)4-5-10(7)12-3;/h4-6,8H,11H2,1-3H3;1H. The van der Waals surface area contributed by atoms with Crippen molar-refractivity contribution in [2.75, 3.05) is 7.11 Å². The van der Waals surface area contributed by atoms with E-state index in [2.05, 4.69) is 6.07 Å². The summed E-state index contributed by atoms with van der Waals surface area (Å²) in [5, 5.41) is 0. The molecular weight excluding hydrogens is 186 g/mol. The smallest absolute Gasteiger partial charge is 0.121 e. The third-order valence-corrected chi connectivity index (χ3v) is 1.94. The van der Waals surface area contributed by atoms with Crippen LogP contribution in [0.15, 0.2) is 18.2 Å². The van der Waals surface area contributed by atoms with Gasteiger partial charge in [-0.25, -0.2) is 0 Å². The number of nitrogens with two attached hydrogens (primary N) is 1. The third kappa shape index (κ3) is 2.90. The van der Waals surface area contributed by atoms with E-state index in [9.17, 15) is 0 Å². The lowest BCUT2D eigenvalue weighted by Gasteiger charge is -2.09. The lowest BCUT2D eigenvalue weighted by Crippen LogP contribution is -2.05. The fraction of sp³-hybridized carbons (Fsp3) is 0.400. The zero-order chi connectivity index (χ0) is 9.14. The Balaban J connectivity index is 0.00000144. The summed E-state index contributed by atoms with van der Waals surface area (Å²) >= 11 is 0. The first-order chi connectivity index (χ1) is 5.65. The summed E-state index contributed by atoms with van der Waals surface area (Å²) in [6.07, 6.45) is 0. The average molecular weight is 202 g/mol. The fourth-order valence-corrected chi connectivity index (χ4v) is 1.18. The molecule has 0 saturated heterocycles. The van der Waals surface area contributed by atoms with Gasteiger partial charge in [-0.05, 0) is 31.0 Å². The number of hydrogen-bond donors (Lipinski definition) is 1. The first kappa shape index (κ1) is 12.3. The van der Waals surface area contributed by atoms with Crippen LogP contribution in [-0.4, -0.2) is 7.11 Å². The van der Waals surface area contributed by atoms with E-state index < -0.39 is 0 Å². The van der Waals surface area contributed by atoms with Crippen molar-refractivity contribution in [3.05, 3.63) is 29.3 Å². The first-order valence-electron chi connectivity index (χ1n) is 4.05. The minimum absolute atomic E-state index is 0. The van der Waals surface area contributed by atoms with E-state index in [0.29, 0.717) is 0 Å². The van der Waals surface area contributed by atoms with Crippen LogP contribution in [-0.2, 0) is 0 Å². The highest BCUT2D eigenvalue weighted by atomic mass is 35.5. The van der Waals surface area contributed by atoms with Crippen LogP contribution in [0.2, 0.25) is 0 Å². The van der Waals surface area contributed by atoms with Gasteiger partial charge < -0.3 is 10.5 Å². The molecule has 0 bridgehead atoms. The molecule has 0 amide bonds. The number of benzene rings is 1. The quantitative estimate of drug-likeness (QED) is 0.798. The van der Waals surface area contributed by atoms with Crippen molar-refractivity contribution in [1.29, 1.82) is 0 Å². The molecule has 1 unspecified atom stereocenters. The molecular formula is C10H16ClNO. The average Bonchev–Trinajstić information content (AvgIpc) is 2.04. The van der Waals surface area contributed by atoms with Gasteiger partial charge in [0.25, 0.3) is 0 Å². The Morgan fingerprint density at radius 2 is 2.00 bits per heavy atom. The number of aryl methyl sites for hydroxylation is 1. The van der Waals surface area contributed by atoms with Crippen LogP contribution in [0.4, 0.5) is 0 Å². The lowest BCUT2D eigenvalue weighted by molar-refractivity contribution is 0.411. The van der Waals surface area contributed by atoms with E-state index in [-0.39, 0.29) is 18.4 Å². The molecule has 2 nitrogen and oxygen atoms in total. The molecule has 1 aromatic rings. The van der Waals surface area contributed by atoms with Gasteiger partial charge in [0.2, 0.25) is 0 Å². The molecule has 3 heteroatoms. The minimum atomic E-state index is 0. The monoisotopic (exact) mass is 201 g/mol. The Morgan fingerprint density at radius 3 is 2.38 bits per heavy atom. The summed E-state index contributed by atoms with van der Waals surface area (Å²) in [7, 11) is 1.67. The summed E-state index contributed by atoms with van der Waals surface area (Å²) in [6.45, 7) is 3.99. The first-order valence-corrected chi connectivity index (χ1v) is 4.05. The van der Waals surface area contributed by atoms with Crippen LogP contribution in [0, 0.1) is 6.92 Å². The second-order valence-corrected chi connectivity index (χ2v) is 3.02. The lowest BCUT2D eigenvalue weighted by atomic mass is 10.1. The van der Waals surface area contributed by atoms with Gasteiger partial charge in [0.05, 0.1) is 7.11 Å². The maximum atomic E-state index is 5.73. The van der Waals surface area contributed by atoms with Gasteiger partial charge in [-0.15, -0.1) is 12.4 Å². The van der Waals surface area contributed by atoms with Gasteiger partial charge >= 0.3 is 0 Å². The Labute approximate surface area is 85.5 Å². The van der Waals surface area contributed by atoms with Crippen LogP contribution in [0.3, 0.4) is 0 Å². The normalized spacial score (nSPS) is 11.7. The maximum absolute atomic E-state index is 5.73. The zero-order valence-corrected chi connectivity index (χ0v) is 9.02. The second kappa shape index (κ2) is 5.10. The SMILES string of the molecule is COc1ccc(C(C)N)cc1C.Cl. The van der Waals surface area contributed by atoms with Crippen LogP contribution >= 0.6 is 12.4 Å². The van der Waals surface area contributed by atoms with Gasteiger partial charge in [0.15, 0.2) is 0 Å². The summed E-state index contributed by atoms with van der Waals surface area (Å²) in [4.78, 5) is 0. The molecule has 0 aliphatic rings. The predicted molar refractivity (Wildman–Crippen MR) is 57.6 cm³/mol. The molecule has 0 aliphatic carbocycles. The van der Waals surface area contributed by atoms with Crippen molar-refractivity contribution < 1.29 is 4.74 Å². The van der Waals surface area contributed by atoms with Gasteiger partial charge in [0, 0.05) is 6.04 Å². The molecule has 13 heavy (non-hydrogen) atoms. The van der Waals surface area contributed by atoms with Gasteiger partial charge in [-0.3, -0.25) is 0 Å². The summed E-state index contributed by atoms with van der Waals surface area (Å²) in [5.41, 5.74) is 8.01. The van der Waals surface area contributed by atoms with Crippen molar-refractivity contribution in [2.45, 2.75) is 19.9 Å². The summed E-state index contributed by atoms with van der Waals surface area (Å²) in [5.74, 6) is 0.916. The molecule has 1 rings (SSSR count). The second-order valence-electron chi connectivity index (χ2n) is 3.02. The molecule has 0 spiro atoms. The van der Waals surface area contributed by atoms with Crippen molar-refractivity contribution in [2.24, 2.45) is 5.73 Å². The third-order valence-electron chi connectivity index (χ3n) is 1.94. The number of hydrogen-bond acceptors (Lipinski definition) is 2. The Hall–Kier alpha value is -0.730. The van der Waals surface area contributed by atoms with E-state index in [1.54, 1.807) is 7.11 Å². The fourth-order valence-electron chi connectivity index (χ4n) is 1.18. The Morgan fingerprint density at radius 1 is 1.38 bits per heavy atom. The van der Waals surface area contributed by atoms with Crippen molar-refractivity contribution >= 4 is 12.4 Å². The van der Waals surface area contributed by atoms with E-state index in [1.807, 2.05) is 26.0 Å². The Kier molecular flexibility index (Phi) is 4.81. The van der Waals surface area contributed by atoms with Crippen molar-refractivity contribution in [3.8, 4) is 5.75 Å².